The third kappa shape index (κ3) is 7.76. The molecule has 148 valence electrons. The zero-order valence-electron chi connectivity index (χ0n) is 15.9. The molecule has 0 saturated heterocycles. The second-order valence-corrected chi connectivity index (χ2v) is 6.22. The largest absolute Gasteiger partial charge is 0.454 e. The number of ether oxygens (including phenoxy) is 1. The second-order valence-electron chi connectivity index (χ2n) is 6.22. The Balaban J connectivity index is 2.56. The summed E-state index contributed by atoms with van der Waals surface area (Å²) < 4.78 is 5.01. The van der Waals surface area contributed by atoms with E-state index in [0.717, 1.165) is 4.90 Å². The van der Waals surface area contributed by atoms with E-state index in [-0.39, 0.29) is 18.4 Å². The minimum absolute atomic E-state index is 0.141. The number of likely N-dealkylation sites (N-methyl/N-ethyl adjacent to an activating group) is 2. The average Bonchev–Trinajstić information content (AvgIpc) is 2.64. The number of nitrogens with zero attached hydrogens (tertiary/aromatic N) is 1. The molecular weight excluding hydrogens is 352 g/mol. The van der Waals surface area contributed by atoms with Crippen LogP contribution in [0.5, 0.6) is 0 Å². The smallest absolute Gasteiger partial charge is 0.329 e. The van der Waals surface area contributed by atoms with Crippen molar-refractivity contribution in [3.05, 3.63) is 30.3 Å². The molecule has 0 saturated carbocycles. The summed E-state index contributed by atoms with van der Waals surface area (Å²) >= 11 is 0. The number of nitrogens with one attached hydrogen (secondary N) is 3. The van der Waals surface area contributed by atoms with Gasteiger partial charge in [0.25, 0.3) is 5.91 Å². The number of carbonyl (C=O) groups is 4. The van der Waals surface area contributed by atoms with Gasteiger partial charge in [0.05, 0.1) is 6.54 Å². The molecular formula is C18H26N4O5. The lowest BCUT2D eigenvalue weighted by Crippen LogP contribution is -2.48. The SMILES string of the molecule is CNC(=O)CN(C)C(=O)COC(=O)[C@H](NC(=O)Nc1ccccc1)C(C)C. The number of hydrogen-bond donors (Lipinski definition) is 3. The fraction of sp³-hybridized carbons (Fsp3) is 0.444. The lowest BCUT2D eigenvalue weighted by Gasteiger charge is -2.22. The molecule has 0 spiro atoms. The number of carbonyl (C=O) groups excluding carboxylic acids is 4. The highest BCUT2D eigenvalue weighted by molar-refractivity contribution is 5.93. The quantitative estimate of drug-likeness (QED) is 0.572. The molecule has 0 aliphatic rings. The Kier molecular flexibility index (Phi) is 8.77. The van der Waals surface area contributed by atoms with Gasteiger partial charge in [-0.2, -0.15) is 0 Å². The molecule has 4 amide bonds. The monoisotopic (exact) mass is 378 g/mol. The maximum atomic E-state index is 12.3. The van der Waals surface area contributed by atoms with Crippen LogP contribution in [0, 0.1) is 5.92 Å². The first-order chi connectivity index (χ1) is 12.7. The summed E-state index contributed by atoms with van der Waals surface area (Å²) in [6.45, 7) is 2.83. The number of para-hydroxylation sites is 1. The van der Waals surface area contributed by atoms with E-state index in [4.69, 9.17) is 4.74 Å². The Labute approximate surface area is 158 Å². The highest BCUT2D eigenvalue weighted by Gasteiger charge is 2.27. The molecule has 1 aromatic carbocycles. The molecule has 1 atom stereocenters. The molecule has 0 bridgehead atoms. The first-order valence-corrected chi connectivity index (χ1v) is 8.48. The highest BCUT2D eigenvalue weighted by atomic mass is 16.5. The van der Waals surface area contributed by atoms with E-state index in [1.807, 2.05) is 6.07 Å². The van der Waals surface area contributed by atoms with Gasteiger partial charge in [0.15, 0.2) is 6.61 Å². The number of urea groups is 1. The number of esters is 1. The first kappa shape index (κ1) is 21.9. The third-order valence-corrected chi connectivity index (χ3v) is 3.66. The lowest BCUT2D eigenvalue weighted by molar-refractivity contribution is -0.154. The molecule has 0 aliphatic heterocycles. The van der Waals surface area contributed by atoms with Crippen LogP contribution in [0.1, 0.15) is 13.8 Å². The van der Waals surface area contributed by atoms with Crippen LogP contribution in [-0.4, -0.2) is 62.0 Å². The van der Waals surface area contributed by atoms with Gasteiger partial charge in [-0.3, -0.25) is 9.59 Å². The van der Waals surface area contributed by atoms with Crippen molar-refractivity contribution in [3.8, 4) is 0 Å². The number of rotatable bonds is 8. The van der Waals surface area contributed by atoms with Crippen LogP contribution < -0.4 is 16.0 Å². The normalized spacial score (nSPS) is 11.3. The summed E-state index contributed by atoms with van der Waals surface area (Å²) in [5.41, 5.74) is 0.580. The van der Waals surface area contributed by atoms with Crippen LogP contribution in [0.4, 0.5) is 10.5 Å². The van der Waals surface area contributed by atoms with Crippen LogP contribution in [0.2, 0.25) is 0 Å². The standard InChI is InChI=1S/C18H26N4O5/c1-12(2)16(21-18(26)20-13-8-6-5-7-9-13)17(25)27-11-15(24)22(4)10-14(23)19-3/h5-9,12,16H,10-11H2,1-4H3,(H,19,23)(H2,20,21,26)/t16-/m1/s1. The maximum Gasteiger partial charge on any atom is 0.329 e. The van der Waals surface area contributed by atoms with Crippen molar-refractivity contribution >= 4 is 29.5 Å². The molecule has 3 N–H and O–H groups in total. The van der Waals surface area contributed by atoms with Gasteiger partial charge in [0, 0.05) is 19.8 Å². The number of hydrogen-bond acceptors (Lipinski definition) is 5. The van der Waals surface area contributed by atoms with Crippen molar-refractivity contribution < 1.29 is 23.9 Å². The van der Waals surface area contributed by atoms with Gasteiger partial charge in [0.2, 0.25) is 5.91 Å². The minimum atomic E-state index is -0.925. The van der Waals surface area contributed by atoms with Crippen LogP contribution >= 0.6 is 0 Å². The summed E-state index contributed by atoms with van der Waals surface area (Å²) in [6, 6.07) is 7.29. The molecule has 0 heterocycles. The number of anilines is 1. The lowest BCUT2D eigenvalue weighted by atomic mass is 10.1. The van der Waals surface area contributed by atoms with Gasteiger partial charge in [0.1, 0.15) is 6.04 Å². The Hall–Kier alpha value is -3.10. The van der Waals surface area contributed by atoms with E-state index in [0.29, 0.717) is 5.69 Å². The Morgan fingerprint density at radius 1 is 1.11 bits per heavy atom. The molecule has 9 heteroatoms. The van der Waals surface area contributed by atoms with Gasteiger partial charge in [-0.1, -0.05) is 32.0 Å². The van der Waals surface area contributed by atoms with Crippen LogP contribution in [-0.2, 0) is 19.1 Å². The predicted octanol–water partition coefficient (Wildman–Crippen LogP) is 0.580. The summed E-state index contributed by atoms with van der Waals surface area (Å²) in [6.07, 6.45) is 0. The van der Waals surface area contributed by atoms with Crippen LogP contribution in [0.15, 0.2) is 30.3 Å². The zero-order chi connectivity index (χ0) is 20.4. The molecule has 0 aliphatic carbocycles. The van der Waals surface area contributed by atoms with Gasteiger partial charge in [-0.05, 0) is 18.1 Å². The summed E-state index contributed by atoms with van der Waals surface area (Å²) in [5.74, 6) is -1.84. The number of amides is 4. The zero-order valence-corrected chi connectivity index (χ0v) is 15.9. The van der Waals surface area contributed by atoms with E-state index in [2.05, 4.69) is 16.0 Å². The molecule has 27 heavy (non-hydrogen) atoms. The van der Waals surface area contributed by atoms with Crippen molar-refractivity contribution in [2.45, 2.75) is 19.9 Å². The highest BCUT2D eigenvalue weighted by Crippen LogP contribution is 2.07. The molecule has 1 aromatic rings. The summed E-state index contributed by atoms with van der Waals surface area (Å²) in [5, 5.41) is 7.56. The van der Waals surface area contributed by atoms with Gasteiger partial charge >= 0.3 is 12.0 Å². The van der Waals surface area contributed by atoms with Crippen LogP contribution in [0.25, 0.3) is 0 Å². The first-order valence-electron chi connectivity index (χ1n) is 8.48. The van der Waals surface area contributed by atoms with Crippen molar-refractivity contribution in [1.29, 1.82) is 0 Å². The molecule has 9 nitrogen and oxygen atoms in total. The van der Waals surface area contributed by atoms with Gasteiger partial charge in [-0.25, -0.2) is 9.59 Å². The van der Waals surface area contributed by atoms with E-state index in [9.17, 15) is 19.2 Å². The molecule has 0 fully saturated rings. The topological polar surface area (TPSA) is 117 Å². The van der Waals surface area contributed by atoms with Gasteiger partial charge in [-0.15, -0.1) is 0 Å². The third-order valence-electron chi connectivity index (χ3n) is 3.66. The van der Waals surface area contributed by atoms with E-state index in [1.54, 1.807) is 38.1 Å². The fourth-order valence-corrected chi connectivity index (χ4v) is 2.04. The van der Waals surface area contributed by atoms with Crippen molar-refractivity contribution in [2.24, 2.45) is 5.92 Å². The van der Waals surface area contributed by atoms with Crippen molar-refractivity contribution in [2.75, 3.05) is 32.6 Å². The van der Waals surface area contributed by atoms with E-state index in [1.165, 1.54) is 14.1 Å². The van der Waals surface area contributed by atoms with Crippen molar-refractivity contribution in [1.82, 2.24) is 15.5 Å². The average molecular weight is 378 g/mol. The predicted molar refractivity (Wildman–Crippen MR) is 99.9 cm³/mol. The fourth-order valence-electron chi connectivity index (χ4n) is 2.04. The Bertz CT molecular complexity index is 663. The minimum Gasteiger partial charge on any atom is -0.454 e. The van der Waals surface area contributed by atoms with Gasteiger partial charge < -0.3 is 25.6 Å². The Morgan fingerprint density at radius 2 is 1.74 bits per heavy atom. The molecule has 0 radical (unpaired) electrons. The number of benzene rings is 1. The van der Waals surface area contributed by atoms with E-state index >= 15 is 0 Å². The summed E-state index contributed by atoms with van der Waals surface area (Å²) in [4.78, 5) is 48.7. The van der Waals surface area contributed by atoms with Crippen molar-refractivity contribution in [3.63, 3.8) is 0 Å². The van der Waals surface area contributed by atoms with E-state index < -0.39 is 30.6 Å². The Morgan fingerprint density at radius 3 is 2.30 bits per heavy atom. The second kappa shape index (κ2) is 10.8. The molecule has 1 rings (SSSR count). The maximum absolute atomic E-state index is 12.3. The van der Waals surface area contributed by atoms with Crippen LogP contribution in [0.3, 0.4) is 0 Å². The molecule has 0 aromatic heterocycles. The molecule has 0 unspecified atom stereocenters. The summed E-state index contributed by atoms with van der Waals surface area (Å²) in [7, 11) is 2.89.